The van der Waals surface area contributed by atoms with Gasteiger partial charge in [-0.25, -0.2) is 8.78 Å². The Morgan fingerprint density at radius 1 is 0.857 bits per heavy atom. The van der Waals surface area contributed by atoms with E-state index in [2.05, 4.69) is 26.0 Å². The number of benzene rings is 3. The Morgan fingerprint density at radius 3 is 2.34 bits per heavy atom. The van der Waals surface area contributed by atoms with Gasteiger partial charge in [0.25, 0.3) is 0 Å². The van der Waals surface area contributed by atoms with Crippen LogP contribution in [0.15, 0.2) is 59.1 Å². The van der Waals surface area contributed by atoms with Crippen molar-refractivity contribution in [3.8, 4) is 22.4 Å². The van der Waals surface area contributed by atoms with E-state index in [-0.39, 0.29) is 16.8 Å². The quantitative estimate of drug-likeness (QED) is 0.240. The Bertz CT molecular complexity index is 1780. The molecule has 5 aromatic rings. The molecule has 0 bridgehead atoms. The van der Waals surface area contributed by atoms with Gasteiger partial charge < -0.3 is 4.42 Å². The SMILES string of the molecule is [2H]C([2H])([2H])c1cc(-c2c(C)ccc3c2oc2c(-c4ccc5c(c4)CC(C)(C)C5)c(F)ccc23)[n+](C)cc1F. The van der Waals surface area contributed by atoms with Gasteiger partial charge in [-0.3, -0.25) is 0 Å². The van der Waals surface area contributed by atoms with Crippen molar-refractivity contribution in [1.29, 1.82) is 0 Å². The molecule has 0 unspecified atom stereocenters. The third kappa shape index (κ3) is 3.38. The van der Waals surface area contributed by atoms with E-state index in [1.54, 1.807) is 17.7 Å². The lowest BCUT2D eigenvalue weighted by Gasteiger charge is -2.14. The molecule has 0 spiro atoms. The first-order valence-electron chi connectivity index (χ1n) is 13.3. The summed E-state index contributed by atoms with van der Waals surface area (Å²) in [6, 6.07) is 14.5. The third-order valence-electron chi connectivity index (χ3n) is 7.28. The lowest BCUT2D eigenvalue weighted by atomic mass is 9.90. The van der Waals surface area contributed by atoms with E-state index in [1.807, 2.05) is 25.1 Å². The summed E-state index contributed by atoms with van der Waals surface area (Å²) in [6.45, 7) is 3.76. The predicted octanol–water partition coefficient (Wildman–Crippen LogP) is 7.76. The number of pyridine rings is 1. The third-order valence-corrected chi connectivity index (χ3v) is 7.28. The summed E-state index contributed by atoms with van der Waals surface area (Å²) in [7, 11) is 1.67. The van der Waals surface area contributed by atoms with E-state index in [9.17, 15) is 4.39 Å². The Balaban J connectivity index is 1.63. The molecule has 3 aromatic carbocycles. The van der Waals surface area contributed by atoms with E-state index >= 15 is 4.39 Å². The molecule has 0 saturated carbocycles. The van der Waals surface area contributed by atoms with Crippen molar-refractivity contribution >= 4 is 21.9 Å². The Hall–Kier alpha value is -3.53. The van der Waals surface area contributed by atoms with Crippen LogP contribution in [0, 0.1) is 30.8 Å². The van der Waals surface area contributed by atoms with Crippen molar-refractivity contribution in [2.45, 2.75) is 40.5 Å². The van der Waals surface area contributed by atoms with Gasteiger partial charge in [-0.15, -0.1) is 0 Å². The van der Waals surface area contributed by atoms with Crippen molar-refractivity contribution in [2.75, 3.05) is 0 Å². The summed E-state index contributed by atoms with van der Waals surface area (Å²) in [6.07, 6.45) is 3.11. The van der Waals surface area contributed by atoms with Crippen LogP contribution in [0.2, 0.25) is 0 Å². The predicted molar refractivity (Wildman–Crippen MR) is 136 cm³/mol. The summed E-state index contributed by atoms with van der Waals surface area (Å²) < 4.78 is 61.5. The van der Waals surface area contributed by atoms with Gasteiger partial charge in [-0.2, -0.15) is 4.57 Å². The molecule has 2 heterocycles. The molecule has 1 aliphatic rings. The highest BCUT2D eigenvalue weighted by atomic mass is 19.1. The number of halogens is 2. The zero-order chi connectivity index (χ0) is 27.1. The Morgan fingerprint density at radius 2 is 1.57 bits per heavy atom. The number of furan rings is 1. The van der Waals surface area contributed by atoms with Crippen LogP contribution in [0.25, 0.3) is 44.3 Å². The minimum absolute atomic E-state index is 0.176. The highest BCUT2D eigenvalue weighted by Crippen LogP contribution is 2.43. The van der Waals surface area contributed by atoms with Gasteiger partial charge in [0.15, 0.2) is 5.82 Å². The second kappa shape index (κ2) is 7.48. The minimum Gasteiger partial charge on any atom is -0.454 e. The maximum absolute atomic E-state index is 15.5. The first kappa shape index (κ1) is 18.8. The second-order valence-corrected chi connectivity index (χ2v) is 10.6. The zero-order valence-corrected chi connectivity index (χ0v) is 20.2. The monoisotopic (exact) mass is 471 g/mol. The van der Waals surface area contributed by atoms with Crippen molar-refractivity contribution in [3.05, 3.63) is 88.6 Å². The normalized spacial score (nSPS) is 16.3. The first-order valence-corrected chi connectivity index (χ1v) is 11.8. The highest BCUT2D eigenvalue weighted by Gasteiger charge is 2.29. The van der Waals surface area contributed by atoms with Crippen LogP contribution in [-0.4, -0.2) is 0 Å². The maximum atomic E-state index is 15.5. The van der Waals surface area contributed by atoms with Crippen LogP contribution in [0.5, 0.6) is 0 Å². The van der Waals surface area contributed by atoms with E-state index < -0.39 is 12.7 Å². The van der Waals surface area contributed by atoms with Crippen LogP contribution >= 0.6 is 0 Å². The number of hydrogen-bond donors (Lipinski definition) is 0. The number of aryl methyl sites for hydroxylation is 3. The molecule has 0 N–H and O–H groups in total. The second-order valence-electron chi connectivity index (χ2n) is 10.6. The smallest absolute Gasteiger partial charge is 0.216 e. The summed E-state index contributed by atoms with van der Waals surface area (Å²) in [5.74, 6) is -1.17. The molecule has 0 saturated heterocycles. The average molecular weight is 472 g/mol. The van der Waals surface area contributed by atoms with Crippen LogP contribution in [-0.2, 0) is 19.9 Å². The van der Waals surface area contributed by atoms with Crippen LogP contribution in [0.4, 0.5) is 8.78 Å². The Kier molecular flexibility index (Phi) is 4.01. The van der Waals surface area contributed by atoms with Crippen LogP contribution < -0.4 is 4.57 Å². The number of nitrogens with zero attached hydrogens (tertiary/aromatic N) is 1. The number of aromatic nitrogens is 1. The molecule has 35 heavy (non-hydrogen) atoms. The Labute approximate surface area is 208 Å². The van der Waals surface area contributed by atoms with Crippen molar-refractivity contribution in [2.24, 2.45) is 12.5 Å². The summed E-state index contributed by atoms with van der Waals surface area (Å²) in [5.41, 5.74) is 6.43. The summed E-state index contributed by atoms with van der Waals surface area (Å²) in [5, 5.41) is 1.54. The fourth-order valence-electron chi connectivity index (χ4n) is 5.64. The molecule has 0 amide bonds. The lowest BCUT2D eigenvalue weighted by molar-refractivity contribution is -0.662. The summed E-state index contributed by atoms with van der Waals surface area (Å²) in [4.78, 5) is 0. The van der Waals surface area contributed by atoms with Gasteiger partial charge in [0.05, 0.1) is 11.1 Å². The molecule has 2 nitrogen and oxygen atoms in total. The minimum atomic E-state index is -2.61. The summed E-state index contributed by atoms with van der Waals surface area (Å²) >= 11 is 0. The van der Waals surface area contributed by atoms with Crippen LogP contribution in [0.3, 0.4) is 0 Å². The van der Waals surface area contributed by atoms with E-state index in [1.165, 1.54) is 29.5 Å². The molecule has 6 rings (SSSR count). The zero-order valence-electron chi connectivity index (χ0n) is 23.2. The molecule has 2 aromatic heterocycles. The first-order chi connectivity index (χ1) is 17.8. The molecule has 0 radical (unpaired) electrons. The van der Waals surface area contributed by atoms with Crippen LogP contribution in [0.1, 0.15) is 40.2 Å². The van der Waals surface area contributed by atoms with E-state index in [4.69, 9.17) is 8.53 Å². The number of fused-ring (bicyclic) bond motifs is 4. The lowest BCUT2D eigenvalue weighted by Crippen LogP contribution is -2.31. The molecule has 0 aliphatic heterocycles. The molecular weight excluding hydrogens is 440 g/mol. The van der Waals surface area contributed by atoms with E-state index in [0.29, 0.717) is 28.0 Å². The van der Waals surface area contributed by atoms with Gasteiger partial charge >= 0.3 is 0 Å². The molecule has 0 fully saturated rings. The fourth-order valence-corrected chi connectivity index (χ4v) is 5.64. The van der Waals surface area contributed by atoms with Crippen molar-refractivity contribution in [3.63, 3.8) is 0 Å². The van der Waals surface area contributed by atoms with Gasteiger partial charge in [-0.1, -0.05) is 44.2 Å². The number of rotatable bonds is 2. The maximum Gasteiger partial charge on any atom is 0.216 e. The van der Waals surface area contributed by atoms with E-state index in [0.717, 1.165) is 34.7 Å². The topological polar surface area (TPSA) is 17.0 Å². The average Bonchev–Trinajstić information content (AvgIpc) is 3.33. The molecule has 0 atom stereocenters. The highest BCUT2D eigenvalue weighted by molar-refractivity contribution is 6.13. The largest absolute Gasteiger partial charge is 0.454 e. The van der Waals surface area contributed by atoms with Crippen molar-refractivity contribution in [1.82, 2.24) is 0 Å². The molecule has 176 valence electrons. The molecule has 1 aliphatic carbocycles. The fraction of sp³-hybridized carbons (Fsp3) is 0.258. The molecular formula is C31H28F2NO+. The standard InChI is InChI=1S/C31H28F2NO/c1-17-6-9-22-23-10-11-24(32)28(19-7-8-20-14-31(3,4)15-21(20)13-19)30(23)35-29(22)27(17)26-12-18(2)25(33)16-34(26)5/h6-13,16H,14-15H2,1-5H3/q+1/i2D3. The van der Waals surface area contributed by atoms with Gasteiger partial charge in [0.2, 0.25) is 11.9 Å². The van der Waals surface area contributed by atoms with Gasteiger partial charge in [0.1, 0.15) is 24.0 Å². The van der Waals surface area contributed by atoms with Crippen molar-refractivity contribution < 1.29 is 21.9 Å². The molecule has 4 heteroatoms. The van der Waals surface area contributed by atoms with Gasteiger partial charge in [0, 0.05) is 21.0 Å². The number of hydrogen-bond acceptors (Lipinski definition) is 1. The van der Waals surface area contributed by atoms with Gasteiger partial charge in [-0.05, 0) is 72.0 Å².